The molecule has 0 aliphatic carbocycles. The van der Waals surface area contributed by atoms with Crippen molar-refractivity contribution >= 4 is 21.7 Å². The molecule has 0 amide bonds. The van der Waals surface area contributed by atoms with Gasteiger partial charge >= 0.3 is 0 Å². The van der Waals surface area contributed by atoms with Crippen molar-refractivity contribution in [3.8, 4) is 0 Å². The number of pyridine rings is 1. The number of hydrogen-bond donors (Lipinski definition) is 0. The molecule has 0 atom stereocenters. The summed E-state index contributed by atoms with van der Waals surface area (Å²) in [5.74, 6) is 1.02. The van der Waals surface area contributed by atoms with Gasteiger partial charge in [-0.25, -0.2) is 4.98 Å². The number of hydrogen-bond acceptors (Lipinski definition) is 3. The Hall–Kier alpha value is -0.610. The summed E-state index contributed by atoms with van der Waals surface area (Å²) in [6.45, 7) is 1.90. The van der Waals surface area contributed by atoms with E-state index in [0.29, 0.717) is 6.10 Å². The summed E-state index contributed by atoms with van der Waals surface area (Å²) in [4.78, 5) is 6.49. The summed E-state index contributed by atoms with van der Waals surface area (Å²) in [5, 5.41) is 0. The molecule has 0 unspecified atom stereocenters. The molecule has 1 fully saturated rings. The monoisotopic (exact) mass is 242 g/mol. The van der Waals surface area contributed by atoms with E-state index in [1.807, 2.05) is 18.3 Å². The van der Waals surface area contributed by atoms with Crippen LogP contribution in [0.25, 0.3) is 0 Å². The van der Waals surface area contributed by atoms with Gasteiger partial charge in [0.05, 0.1) is 6.10 Å². The van der Waals surface area contributed by atoms with Gasteiger partial charge in [-0.15, -0.1) is 0 Å². The number of aromatic nitrogens is 1. The van der Waals surface area contributed by atoms with Crippen LogP contribution in [0.5, 0.6) is 0 Å². The topological polar surface area (TPSA) is 25.4 Å². The van der Waals surface area contributed by atoms with Crippen molar-refractivity contribution in [2.45, 2.75) is 6.10 Å². The highest BCUT2D eigenvalue weighted by molar-refractivity contribution is 9.10. The Balaban J connectivity index is 1.99. The second-order valence-corrected chi connectivity index (χ2v) is 4.01. The van der Waals surface area contributed by atoms with Crippen LogP contribution in [-0.4, -0.2) is 31.3 Å². The molecule has 1 aromatic rings. The molecule has 0 radical (unpaired) electrons. The average Bonchev–Trinajstić information content (AvgIpc) is 2.06. The number of halogens is 1. The van der Waals surface area contributed by atoms with Gasteiger partial charge in [-0.3, -0.25) is 0 Å². The highest BCUT2D eigenvalue weighted by Gasteiger charge is 2.26. The van der Waals surface area contributed by atoms with E-state index in [2.05, 4.69) is 25.8 Å². The zero-order chi connectivity index (χ0) is 9.26. The first-order valence-corrected chi connectivity index (χ1v) is 4.98. The Morgan fingerprint density at radius 1 is 1.54 bits per heavy atom. The predicted molar refractivity (Wildman–Crippen MR) is 54.9 cm³/mol. The molecular weight excluding hydrogens is 232 g/mol. The molecular formula is C9H11BrN2O. The third-order valence-corrected chi connectivity index (χ3v) is 2.69. The van der Waals surface area contributed by atoms with Crippen molar-refractivity contribution in [3.05, 3.63) is 22.8 Å². The highest BCUT2D eigenvalue weighted by Crippen LogP contribution is 2.20. The van der Waals surface area contributed by atoms with Crippen molar-refractivity contribution in [3.63, 3.8) is 0 Å². The van der Waals surface area contributed by atoms with Gasteiger partial charge in [-0.05, 0) is 28.1 Å². The van der Waals surface area contributed by atoms with Gasteiger partial charge in [0.2, 0.25) is 0 Å². The Labute approximate surface area is 85.8 Å². The third-order valence-electron chi connectivity index (χ3n) is 2.22. The predicted octanol–water partition coefficient (Wildman–Crippen LogP) is 1.68. The number of nitrogens with zero attached hydrogens (tertiary/aromatic N) is 2. The van der Waals surface area contributed by atoms with E-state index in [0.717, 1.165) is 23.4 Å². The van der Waals surface area contributed by atoms with Crippen molar-refractivity contribution in [1.82, 2.24) is 4.98 Å². The lowest BCUT2D eigenvalue weighted by molar-refractivity contribution is 0.0783. The van der Waals surface area contributed by atoms with Gasteiger partial charge in [0, 0.05) is 30.9 Å². The van der Waals surface area contributed by atoms with E-state index in [-0.39, 0.29) is 0 Å². The lowest BCUT2D eigenvalue weighted by Crippen LogP contribution is -2.52. The van der Waals surface area contributed by atoms with Gasteiger partial charge in [-0.1, -0.05) is 0 Å². The average molecular weight is 243 g/mol. The summed E-state index contributed by atoms with van der Waals surface area (Å²) >= 11 is 3.35. The molecule has 2 heterocycles. The lowest BCUT2D eigenvalue weighted by Gasteiger charge is -2.38. The first kappa shape index (κ1) is 8.97. The third kappa shape index (κ3) is 1.84. The molecule has 0 spiro atoms. The Kier molecular flexibility index (Phi) is 2.51. The number of rotatable bonds is 2. The zero-order valence-corrected chi connectivity index (χ0v) is 8.99. The van der Waals surface area contributed by atoms with Crippen molar-refractivity contribution < 1.29 is 4.74 Å². The number of anilines is 1. The molecule has 1 saturated heterocycles. The van der Waals surface area contributed by atoms with Crippen LogP contribution in [0.1, 0.15) is 0 Å². The second kappa shape index (κ2) is 3.64. The maximum absolute atomic E-state index is 5.18. The maximum Gasteiger partial charge on any atom is 0.128 e. The lowest BCUT2D eigenvalue weighted by atomic mass is 10.1. The first-order valence-electron chi connectivity index (χ1n) is 4.19. The van der Waals surface area contributed by atoms with Crippen LogP contribution in [0.2, 0.25) is 0 Å². The largest absolute Gasteiger partial charge is 0.378 e. The fraction of sp³-hybridized carbons (Fsp3) is 0.444. The number of methoxy groups -OCH3 is 1. The summed E-state index contributed by atoms with van der Waals surface area (Å²) in [5.41, 5.74) is 0. The highest BCUT2D eigenvalue weighted by atomic mass is 79.9. The smallest absolute Gasteiger partial charge is 0.128 e. The Morgan fingerprint density at radius 2 is 2.31 bits per heavy atom. The van der Waals surface area contributed by atoms with Crippen LogP contribution in [-0.2, 0) is 4.74 Å². The maximum atomic E-state index is 5.18. The SMILES string of the molecule is COC1CN(c2ccc(Br)cn2)C1. The normalized spacial score (nSPS) is 17.2. The van der Waals surface area contributed by atoms with Crippen LogP contribution < -0.4 is 4.90 Å². The first-order chi connectivity index (χ1) is 6.29. The Morgan fingerprint density at radius 3 is 2.85 bits per heavy atom. The van der Waals surface area contributed by atoms with Crippen LogP contribution in [0.3, 0.4) is 0 Å². The fourth-order valence-electron chi connectivity index (χ4n) is 1.33. The summed E-state index contributed by atoms with van der Waals surface area (Å²) in [7, 11) is 1.75. The standard InChI is InChI=1S/C9H11BrN2O/c1-13-8-5-12(6-8)9-3-2-7(10)4-11-9/h2-4,8H,5-6H2,1H3. The molecule has 0 aromatic carbocycles. The molecule has 4 heteroatoms. The minimum Gasteiger partial charge on any atom is -0.378 e. The molecule has 0 N–H and O–H groups in total. The van der Waals surface area contributed by atoms with Crippen molar-refractivity contribution in [2.75, 3.05) is 25.1 Å². The van der Waals surface area contributed by atoms with Crippen molar-refractivity contribution in [2.24, 2.45) is 0 Å². The molecule has 2 rings (SSSR count). The van der Waals surface area contributed by atoms with E-state index < -0.39 is 0 Å². The van der Waals surface area contributed by atoms with E-state index in [1.54, 1.807) is 7.11 Å². The van der Waals surface area contributed by atoms with E-state index in [4.69, 9.17) is 4.74 Å². The molecule has 0 saturated carbocycles. The van der Waals surface area contributed by atoms with Gasteiger partial charge in [0.15, 0.2) is 0 Å². The Bertz CT molecular complexity index is 282. The minimum absolute atomic E-state index is 0.380. The molecule has 13 heavy (non-hydrogen) atoms. The van der Waals surface area contributed by atoms with Crippen LogP contribution in [0.4, 0.5) is 5.82 Å². The molecule has 3 nitrogen and oxygen atoms in total. The molecule has 1 aliphatic heterocycles. The summed E-state index contributed by atoms with van der Waals surface area (Å²) < 4.78 is 6.20. The second-order valence-electron chi connectivity index (χ2n) is 3.10. The van der Waals surface area contributed by atoms with Gasteiger partial charge in [0.25, 0.3) is 0 Å². The zero-order valence-electron chi connectivity index (χ0n) is 7.40. The van der Waals surface area contributed by atoms with E-state index in [1.165, 1.54) is 0 Å². The van der Waals surface area contributed by atoms with Crippen LogP contribution >= 0.6 is 15.9 Å². The quantitative estimate of drug-likeness (QED) is 0.790. The molecule has 1 aromatic heterocycles. The van der Waals surface area contributed by atoms with Crippen LogP contribution in [0, 0.1) is 0 Å². The summed E-state index contributed by atoms with van der Waals surface area (Å²) in [6.07, 6.45) is 2.19. The number of ether oxygens (including phenoxy) is 1. The van der Waals surface area contributed by atoms with Gasteiger partial charge in [0.1, 0.15) is 5.82 Å². The molecule has 1 aliphatic rings. The molecule has 0 bridgehead atoms. The van der Waals surface area contributed by atoms with Gasteiger partial charge in [-0.2, -0.15) is 0 Å². The fourth-order valence-corrected chi connectivity index (χ4v) is 1.56. The van der Waals surface area contributed by atoms with E-state index >= 15 is 0 Å². The summed E-state index contributed by atoms with van der Waals surface area (Å²) in [6, 6.07) is 4.01. The van der Waals surface area contributed by atoms with Crippen LogP contribution in [0.15, 0.2) is 22.8 Å². The van der Waals surface area contributed by atoms with Gasteiger partial charge < -0.3 is 9.64 Å². The minimum atomic E-state index is 0.380. The molecule has 70 valence electrons. The van der Waals surface area contributed by atoms with E-state index in [9.17, 15) is 0 Å². The van der Waals surface area contributed by atoms with Crippen molar-refractivity contribution in [1.29, 1.82) is 0 Å².